The highest BCUT2D eigenvalue weighted by Gasteiger charge is 2.23. The van der Waals surface area contributed by atoms with E-state index >= 15 is 0 Å². The van der Waals surface area contributed by atoms with Crippen LogP contribution < -0.4 is 5.32 Å². The van der Waals surface area contributed by atoms with Crippen molar-refractivity contribution >= 4 is 17.6 Å². The number of hydrogen-bond acceptors (Lipinski definition) is 5. The predicted molar refractivity (Wildman–Crippen MR) is 62.3 cm³/mol. The molecule has 0 aliphatic rings. The molecule has 1 rings (SSSR count). The maximum Gasteiger partial charge on any atom is 0.272 e. The summed E-state index contributed by atoms with van der Waals surface area (Å²) in [4.78, 5) is 11.5. The predicted octanol–water partition coefficient (Wildman–Crippen LogP) is 1.06. The zero-order valence-corrected chi connectivity index (χ0v) is 10.5. The smallest absolute Gasteiger partial charge is 0.272 e. The minimum Gasteiger partial charge on any atom is -0.388 e. The van der Waals surface area contributed by atoms with Crippen molar-refractivity contribution in [2.24, 2.45) is 5.92 Å². The van der Waals surface area contributed by atoms with Gasteiger partial charge in [0, 0.05) is 6.54 Å². The SMILES string of the molecule is CC(C)CC(C)(O)CNC(=O)c1cnsn1. The number of hydrogen-bond donors (Lipinski definition) is 2. The summed E-state index contributed by atoms with van der Waals surface area (Å²) in [5, 5.41) is 12.6. The van der Waals surface area contributed by atoms with E-state index in [2.05, 4.69) is 14.1 Å². The first-order valence-corrected chi connectivity index (χ1v) is 5.92. The first-order valence-electron chi connectivity index (χ1n) is 5.19. The summed E-state index contributed by atoms with van der Waals surface area (Å²) in [6.45, 7) is 6.00. The molecule has 1 aromatic rings. The number of nitrogens with one attached hydrogen (secondary N) is 1. The van der Waals surface area contributed by atoms with Crippen molar-refractivity contribution in [1.82, 2.24) is 14.1 Å². The molecule has 0 radical (unpaired) electrons. The molecule has 1 unspecified atom stereocenters. The summed E-state index contributed by atoms with van der Waals surface area (Å²) < 4.78 is 7.56. The second-order valence-electron chi connectivity index (χ2n) is 4.57. The Morgan fingerprint density at radius 2 is 2.38 bits per heavy atom. The van der Waals surface area contributed by atoms with Gasteiger partial charge in [-0.3, -0.25) is 4.79 Å². The average Bonchev–Trinajstić information content (AvgIpc) is 2.64. The fraction of sp³-hybridized carbons (Fsp3) is 0.700. The number of aromatic nitrogens is 2. The lowest BCUT2D eigenvalue weighted by molar-refractivity contribution is 0.0367. The van der Waals surface area contributed by atoms with Crippen LogP contribution in [0.25, 0.3) is 0 Å². The van der Waals surface area contributed by atoms with Gasteiger partial charge < -0.3 is 10.4 Å². The lowest BCUT2D eigenvalue weighted by atomic mass is 9.94. The molecule has 1 atom stereocenters. The monoisotopic (exact) mass is 243 g/mol. The van der Waals surface area contributed by atoms with Crippen LogP contribution in [0.1, 0.15) is 37.7 Å². The molecule has 90 valence electrons. The quantitative estimate of drug-likeness (QED) is 0.811. The van der Waals surface area contributed by atoms with Crippen molar-refractivity contribution in [3.8, 4) is 0 Å². The average molecular weight is 243 g/mol. The fourth-order valence-electron chi connectivity index (χ4n) is 1.58. The molecule has 6 heteroatoms. The molecule has 0 aromatic carbocycles. The summed E-state index contributed by atoms with van der Waals surface area (Å²) in [5.74, 6) is 0.0885. The van der Waals surface area contributed by atoms with Gasteiger partial charge in [0.05, 0.1) is 23.5 Å². The van der Waals surface area contributed by atoms with Crippen LogP contribution in [0.5, 0.6) is 0 Å². The van der Waals surface area contributed by atoms with E-state index in [1.807, 2.05) is 13.8 Å². The molecule has 1 aromatic heterocycles. The first-order chi connectivity index (χ1) is 7.41. The number of carbonyl (C=O) groups is 1. The molecule has 0 bridgehead atoms. The van der Waals surface area contributed by atoms with Crippen molar-refractivity contribution < 1.29 is 9.90 Å². The normalized spacial score (nSPS) is 14.8. The Balaban J connectivity index is 2.42. The Kier molecular flexibility index (Phi) is 4.37. The van der Waals surface area contributed by atoms with Crippen LogP contribution in [-0.2, 0) is 0 Å². The highest BCUT2D eigenvalue weighted by molar-refractivity contribution is 6.99. The highest BCUT2D eigenvalue weighted by atomic mass is 32.1. The second-order valence-corrected chi connectivity index (χ2v) is 5.13. The van der Waals surface area contributed by atoms with E-state index in [0.29, 0.717) is 18.0 Å². The Labute approximate surface area is 99.2 Å². The van der Waals surface area contributed by atoms with Crippen LogP contribution in [0, 0.1) is 5.92 Å². The molecule has 0 spiro atoms. The van der Waals surface area contributed by atoms with Crippen LogP contribution in [-0.4, -0.2) is 31.9 Å². The van der Waals surface area contributed by atoms with Crippen LogP contribution in [0.3, 0.4) is 0 Å². The van der Waals surface area contributed by atoms with Gasteiger partial charge >= 0.3 is 0 Å². The van der Waals surface area contributed by atoms with Crippen molar-refractivity contribution in [3.05, 3.63) is 11.9 Å². The van der Waals surface area contributed by atoms with E-state index < -0.39 is 5.60 Å². The lowest BCUT2D eigenvalue weighted by Crippen LogP contribution is -2.41. The molecule has 2 N–H and O–H groups in total. The van der Waals surface area contributed by atoms with Crippen molar-refractivity contribution in [1.29, 1.82) is 0 Å². The summed E-state index contributed by atoms with van der Waals surface area (Å²) in [6.07, 6.45) is 2.06. The minimum atomic E-state index is -0.882. The molecule has 0 aliphatic carbocycles. The fourth-order valence-corrected chi connectivity index (χ4v) is 1.99. The number of rotatable bonds is 5. The second kappa shape index (κ2) is 5.36. The zero-order chi connectivity index (χ0) is 12.2. The molecule has 0 saturated carbocycles. The molecule has 5 nitrogen and oxygen atoms in total. The molecule has 0 saturated heterocycles. The largest absolute Gasteiger partial charge is 0.388 e. The molecule has 1 heterocycles. The molecule has 16 heavy (non-hydrogen) atoms. The third-order valence-electron chi connectivity index (χ3n) is 2.07. The standard InChI is InChI=1S/C10H17N3O2S/c1-7(2)4-10(3,15)6-11-9(14)8-5-12-16-13-8/h5,7,15H,4,6H2,1-3H3,(H,11,14). The third kappa shape index (κ3) is 4.24. The molecule has 1 amide bonds. The lowest BCUT2D eigenvalue weighted by Gasteiger charge is -2.25. The van der Waals surface area contributed by atoms with Gasteiger partial charge in [-0.1, -0.05) is 13.8 Å². The van der Waals surface area contributed by atoms with E-state index in [4.69, 9.17) is 0 Å². The molecular weight excluding hydrogens is 226 g/mol. The van der Waals surface area contributed by atoms with Crippen LogP contribution in [0.2, 0.25) is 0 Å². The van der Waals surface area contributed by atoms with Crippen LogP contribution >= 0.6 is 11.7 Å². The zero-order valence-electron chi connectivity index (χ0n) is 9.73. The maximum absolute atomic E-state index is 11.5. The number of amides is 1. The number of nitrogens with zero attached hydrogens (tertiary/aromatic N) is 2. The van der Waals surface area contributed by atoms with Crippen LogP contribution in [0.15, 0.2) is 6.20 Å². The Bertz CT molecular complexity index is 336. The molecular formula is C10H17N3O2S. The van der Waals surface area contributed by atoms with Crippen molar-refractivity contribution in [3.63, 3.8) is 0 Å². The highest BCUT2D eigenvalue weighted by Crippen LogP contribution is 2.15. The van der Waals surface area contributed by atoms with Gasteiger partial charge in [-0.25, -0.2) is 0 Å². The van der Waals surface area contributed by atoms with Gasteiger partial charge in [0.1, 0.15) is 0 Å². The minimum absolute atomic E-state index is 0.224. The summed E-state index contributed by atoms with van der Waals surface area (Å²) in [5.41, 5.74) is -0.585. The molecule has 0 fully saturated rings. The van der Waals surface area contributed by atoms with Gasteiger partial charge in [0.2, 0.25) is 0 Å². The Hall–Kier alpha value is -1.01. The van der Waals surface area contributed by atoms with Gasteiger partial charge in [0.25, 0.3) is 5.91 Å². The maximum atomic E-state index is 11.5. The van der Waals surface area contributed by atoms with Crippen LogP contribution in [0.4, 0.5) is 0 Å². The van der Waals surface area contributed by atoms with Gasteiger partial charge in [-0.05, 0) is 19.3 Å². The number of carbonyl (C=O) groups excluding carboxylic acids is 1. The van der Waals surface area contributed by atoms with Gasteiger partial charge in [-0.15, -0.1) is 0 Å². The third-order valence-corrected chi connectivity index (χ3v) is 2.55. The Morgan fingerprint density at radius 1 is 1.69 bits per heavy atom. The van der Waals surface area contributed by atoms with E-state index in [0.717, 1.165) is 11.7 Å². The van der Waals surface area contributed by atoms with E-state index in [-0.39, 0.29) is 12.5 Å². The van der Waals surface area contributed by atoms with Gasteiger partial charge in [0.15, 0.2) is 5.69 Å². The topological polar surface area (TPSA) is 75.1 Å². The Morgan fingerprint density at radius 3 is 2.88 bits per heavy atom. The van der Waals surface area contributed by atoms with Crippen molar-refractivity contribution in [2.75, 3.05) is 6.54 Å². The summed E-state index contributed by atoms with van der Waals surface area (Å²) >= 11 is 0.989. The number of aliphatic hydroxyl groups is 1. The summed E-state index contributed by atoms with van der Waals surface area (Å²) in [6, 6.07) is 0. The van der Waals surface area contributed by atoms with Gasteiger partial charge in [-0.2, -0.15) is 8.75 Å². The van der Waals surface area contributed by atoms with E-state index in [1.165, 1.54) is 6.20 Å². The first kappa shape index (κ1) is 13.1. The summed E-state index contributed by atoms with van der Waals surface area (Å²) in [7, 11) is 0. The van der Waals surface area contributed by atoms with E-state index in [1.54, 1.807) is 6.92 Å². The van der Waals surface area contributed by atoms with Crippen molar-refractivity contribution in [2.45, 2.75) is 32.8 Å². The molecule has 0 aliphatic heterocycles. The van der Waals surface area contributed by atoms with E-state index in [9.17, 15) is 9.90 Å².